The topological polar surface area (TPSA) is 68.4 Å². The van der Waals surface area contributed by atoms with Crippen LogP contribution in [0.5, 0.6) is 5.75 Å². The minimum Gasteiger partial charge on any atom is -0.491 e. The number of carbonyl (C=O) groups excluding carboxylic acids is 1. The number of halogens is 2. The summed E-state index contributed by atoms with van der Waals surface area (Å²) in [7, 11) is 1.07. The Morgan fingerprint density at radius 3 is 2.65 bits per heavy atom. The van der Waals surface area contributed by atoms with Crippen LogP contribution < -0.4 is 10.2 Å². The van der Waals surface area contributed by atoms with Crippen molar-refractivity contribution in [3.05, 3.63) is 27.7 Å². The summed E-state index contributed by atoms with van der Waals surface area (Å²) < 4.78 is 34.2. The Kier molecular flexibility index (Phi) is 4.19. The monoisotopic (exact) mass is 247 g/mol. The van der Waals surface area contributed by atoms with E-state index in [4.69, 9.17) is 0 Å². The Hall–Kier alpha value is -1.92. The number of pyridine rings is 1. The Labute approximate surface area is 95.4 Å². The lowest BCUT2D eigenvalue weighted by Gasteiger charge is -2.08. The molecule has 17 heavy (non-hydrogen) atoms. The maximum atomic E-state index is 12.5. The first-order valence-electron chi connectivity index (χ1n) is 4.77. The van der Waals surface area contributed by atoms with E-state index in [0.29, 0.717) is 0 Å². The predicted octanol–water partition coefficient (Wildman–Crippen LogP) is 1.50. The summed E-state index contributed by atoms with van der Waals surface area (Å²) in [5, 5.41) is 0. The zero-order valence-electron chi connectivity index (χ0n) is 9.25. The number of rotatable bonds is 4. The molecule has 1 N–H and O–H groups in total. The molecule has 0 saturated heterocycles. The Morgan fingerprint density at radius 2 is 2.18 bits per heavy atom. The van der Waals surface area contributed by atoms with Gasteiger partial charge in [-0.2, -0.15) is 0 Å². The highest BCUT2D eigenvalue weighted by Crippen LogP contribution is 2.23. The molecule has 5 nitrogen and oxygen atoms in total. The van der Waals surface area contributed by atoms with E-state index in [1.807, 2.05) is 0 Å². The van der Waals surface area contributed by atoms with Crippen LogP contribution in [0.2, 0.25) is 0 Å². The molecule has 1 heterocycles. The summed E-state index contributed by atoms with van der Waals surface area (Å²) in [6, 6.07) is 0. The zero-order valence-corrected chi connectivity index (χ0v) is 9.25. The molecule has 1 aromatic heterocycles. The first-order valence-corrected chi connectivity index (χ1v) is 4.77. The lowest BCUT2D eigenvalue weighted by molar-refractivity contribution is 0.0523. The van der Waals surface area contributed by atoms with Crippen LogP contribution >= 0.6 is 0 Å². The SMILES string of the molecule is CCOC(=O)c1c[nH]c(C(F)F)c(OC)c1=O. The van der Waals surface area contributed by atoms with Crippen molar-refractivity contribution in [3.63, 3.8) is 0 Å². The van der Waals surface area contributed by atoms with E-state index in [9.17, 15) is 18.4 Å². The minimum atomic E-state index is -2.89. The first-order chi connectivity index (χ1) is 8.02. The number of aromatic amines is 1. The van der Waals surface area contributed by atoms with Crippen molar-refractivity contribution in [2.75, 3.05) is 13.7 Å². The smallest absolute Gasteiger partial charge is 0.343 e. The maximum absolute atomic E-state index is 12.5. The summed E-state index contributed by atoms with van der Waals surface area (Å²) in [5.74, 6) is -1.46. The van der Waals surface area contributed by atoms with E-state index in [1.54, 1.807) is 6.92 Å². The van der Waals surface area contributed by atoms with Gasteiger partial charge in [0.2, 0.25) is 5.43 Å². The van der Waals surface area contributed by atoms with Crippen LogP contribution in [-0.4, -0.2) is 24.7 Å². The fourth-order valence-electron chi connectivity index (χ4n) is 1.25. The molecule has 1 aromatic rings. The van der Waals surface area contributed by atoms with Gasteiger partial charge in [-0.3, -0.25) is 4.79 Å². The number of carbonyl (C=O) groups is 1. The zero-order chi connectivity index (χ0) is 13.0. The van der Waals surface area contributed by atoms with E-state index in [2.05, 4.69) is 14.5 Å². The van der Waals surface area contributed by atoms with Crippen molar-refractivity contribution in [1.82, 2.24) is 4.98 Å². The normalized spacial score (nSPS) is 10.4. The summed E-state index contributed by atoms with van der Waals surface area (Å²) >= 11 is 0. The second-order valence-electron chi connectivity index (χ2n) is 3.00. The van der Waals surface area contributed by atoms with Gasteiger partial charge in [0.25, 0.3) is 6.43 Å². The van der Waals surface area contributed by atoms with E-state index >= 15 is 0 Å². The standard InChI is InChI=1S/C10H11F2NO4/c1-3-17-10(15)5-4-13-6(9(11)12)8(16-2)7(5)14/h4,9H,3H2,1-2H3,(H,13,14). The highest BCUT2D eigenvalue weighted by Gasteiger charge is 2.22. The first kappa shape index (κ1) is 13.1. The molecule has 0 bridgehead atoms. The molecule has 0 aliphatic heterocycles. The van der Waals surface area contributed by atoms with Gasteiger partial charge in [-0.25, -0.2) is 13.6 Å². The molecule has 0 aliphatic carbocycles. The van der Waals surface area contributed by atoms with Crippen LogP contribution in [-0.2, 0) is 4.74 Å². The number of aromatic nitrogens is 1. The Bertz CT molecular complexity index is 470. The highest BCUT2D eigenvalue weighted by atomic mass is 19.3. The molecule has 1 rings (SSSR count). The van der Waals surface area contributed by atoms with Crippen LogP contribution in [0.4, 0.5) is 8.78 Å². The number of esters is 1. The van der Waals surface area contributed by atoms with Crippen LogP contribution in [0.3, 0.4) is 0 Å². The van der Waals surface area contributed by atoms with Gasteiger partial charge in [-0.15, -0.1) is 0 Å². The average molecular weight is 247 g/mol. The maximum Gasteiger partial charge on any atom is 0.343 e. The molecule has 7 heteroatoms. The fraction of sp³-hybridized carbons (Fsp3) is 0.400. The quantitative estimate of drug-likeness (QED) is 0.818. The average Bonchev–Trinajstić information content (AvgIpc) is 2.28. The van der Waals surface area contributed by atoms with Gasteiger partial charge in [0.1, 0.15) is 11.3 Å². The van der Waals surface area contributed by atoms with Crippen molar-refractivity contribution in [3.8, 4) is 5.75 Å². The molecule has 0 radical (unpaired) electrons. The van der Waals surface area contributed by atoms with Crippen molar-refractivity contribution in [2.45, 2.75) is 13.3 Å². The van der Waals surface area contributed by atoms with E-state index in [1.165, 1.54) is 0 Å². The molecule has 0 aromatic carbocycles. The number of ether oxygens (including phenoxy) is 2. The molecular formula is C10H11F2NO4. The second-order valence-corrected chi connectivity index (χ2v) is 3.00. The third-order valence-electron chi connectivity index (χ3n) is 1.99. The summed E-state index contributed by atoms with van der Waals surface area (Å²) in [6.07, 6.45) is -2.00. The number of alkyl halides is 2. The lowest BCUT2D eigenvalue weighted by Crippen LogP contribution is -2.21. The molecule has 0 saturated carbocycles. The van der Waals surface area contributed by atoms with E-state index < -0.39 is 29.3 Å². The van der Waals surface area contributed by atoms with Gasteiger partial charge in [-0.1, -0.05) is 0 Å². The number of hydrogen-bond acceptors (Lipinski definition) is 4. The Balaban J connectivity index is 3.30. The molecule has 0 amide bonds. The molecule has 0 atom stereocenters. The molecule has 0 fully saturated rings. The number of nitrogens with one attached hydrogen (secondary N) is 1. The number of methoxy groups -OCH3 is 1. The molecular weight excluding hydrogens is 236 g/mol. The number of hydrogen-bond donors (Lipinski definition) is 1. The molecule has 0 unspecified atom stereocenters. The predicted molar refractivity (Wildman–Crippen MR) is 54.5 cm³/mol. The molecule has 0 aliphatic rings. The van der Waals surface area contributed by atoms with E-state index in [0.717, 1.165) is 13.3 Å². The van der Waals surface area contributed by atoms with Crippen molar-refractivity contribution in [2.24, 2.45) is 0 Å². The third-order valence-corrected chi connectivity index (χ3v) is 1.99. The van der Waals surface area contributed by atoms with Crippen LogP contribution in [0.15, 0.2) is 11.0 Å². The number of H-pyrrole nitrogens is 1. The van der Waals surface area contributed by atoms with Crippen molar-refractivity contribution in [1.29, 1.82) is 0 Å². The Morgan fingerprint density at radius 1 is 1.53 bits per heavy atom. The van der Waals surface area contributed by atoms with E-state index in [-0.39, 0.29) is 12.2 Å². The van der Waals surface area contributed by atoms with Gasteiger partial charge in [0.15, 0.2) is 5.75 Å². The summed E-state index contributed by atoms with van der Waals surface area (Å²) in [6.45, 7) is 1.65. The fourth-order valence-corrected chi connectivity index (χ4v) is 1.25. The van der Waals surface area contributed by atoms with Gasteiger partial charge < -0.3 is 14.5 Å². The van der Waals surface area contributed by atoms with Crippen molar-refractivity contribution >= 4 is 5.97 Å². The van der Waals surface area contributed by atoms with Gasteiger partial charge >= 0.3 is 5.97 Å². The van der Waals surface area contributed by atoms with Gasteiger partial charge in [0.05, 0.1) is 13.7 Å². The lowest BCUT2D eigenvalue weighted by atomic mass is 10.2. The van der Waals surface area contributed by atoms with Crippen LogP contribution in [0.1, 0.15) is 29.4 Å². The van der Waals surface area contributed by atoms with Gasteiger partial charge in [0, 0.05) is 6.20 Å². The molecule has 94 valence electrons. The summed E-state index contributed by atoms with van der Waals surface area (Å²) in [5.41, 5.74) is -1.95. The highest BCUT2D eigenvalue weighted by molar-refractivity contribution is 5.89. The van der Waals surface area contributed by atoms with Gasteiger partial charge in [-0.05, 0) is 6.92 Å². The summed E-state index contributed by atoms with van der Waals surface area (Å²) in [4.78, 5) is 25.2. The van der Waals surface area contributed by atoms with Crippen molar-refractivity contribution < 1.29 is 23.0 Å². The van der Waals surface area contributed by atoms with Crippen LogP contribution in [0, 0.1) is 0 Å². The largest absolute Gasteiger partial charge is 0.491 e. The third kappa shape index (κ3) is 2.61. The second kappa shape index (κ2) is 5.42. The minimum absolute atomic E-state index is 0.0805. The molecule has 0 spiro atoms. The van der Waals surface area contributed by atoms with Crippen LogP contribution in [0.25, 0.3) is 0 Å².